The third-order valence-corrected chi connectivity index (χ3v) is 3.86. The van der Waals surface area contributed by atoms with Crippen LogP contribution in [-0.2, 0) is 0 Å². The first-order chi connectivity index (χ1) is 11.8. The Bertz CT molecular complexity index is 1240. The minimum Gasteiger partial charge on any atom is -0.506 e. The molecule has 149 valence electrons. The number of halogens is 3. The molecule has 0 amide bonds. The quantitative estimate of drug-likeness (QED) is 0.294. The predicted octanol–water partition coefficient (Wildman–Crippen LogP) is 2.49. The van der Waals surface area contributed by atoms with E-state index < -0.39 is 28.9 Å². The molecule has 0 aliphatic heterocycles. The van der Waals surface area contributed by atoms with Crippen molar-refractivity contribution in [2.75, 3.05) is 0 Å². The number of rotatable bonds is 1. The largest absolute Gasteiger partial charge is 0.506 e. The van der Waals surface area contributed by atoms with Gasteiger partial charge in [0.2, 0.25) is 0 Å². The zero-order valence-electron chi connectivity index (χ0n) is 13.6. The number of benzene rings is 2. The Kier molecular flexibility index (Phi) is 7.19. The molecule has 0 saturated carbocycles. The molecule has 5 N–H and O–H groups in total. The van der Waals surface area contributed by atoms with Gasteiger partial charge in [0.1, 0.15) is 22.5 Å². The van der Waals surface area contributed by atoms with Crippen LogP contribution in [0.15, 0.2) is 50.0 Å². The van der Waals surface area contributed by atoms with Crippen LogP contribution in [0.2, 0.25) is 0 Å². The molecule has 4 aromatic rings. The molecule has 0 fully saturated rings. The van der Waals surface area contributed by atoms with Crippen LogP contribution in [0, 0.1) is 49.4 Å². The van der Waals surface area contributed by atoms with Gasteiger partial charge >= 0.3 is 11.8 Å². The standard InChI is InChI=1S/C17H7F3O5.Eu.2H2O/c18-17(19,20)15(22)13-14(21)9-5-8-7-3-1-2-4-10(7)24-11(8)6-12(9)25-16(13)23;;;/h1-6,21H;;2*1H2. The van der Waals surface area contributed by atoms with Gasteiger partial charge in [0.15, 0.2) is 5.56 Å². The van der Waals surface area contributed by atoms with Gasteiger partial charge in [0.05, 0.1) is 5.39 Å². The summed E-state index contributed by atoms with van der Waals surface area (Å²) in [6, 6.07) is 9.50. The number of ketones is 1. The minimum atomic E-state index is -5.31. The maximum absolute atomic E-state index is 12.7. The van der Waals surface area contributed by atoms with E-state index in [-0.39, 0.29) is 71.3 Å². The van der Waals surface area contributed by atoms with E-state index in [9.17, 15) is 27.9 Å². The normalized spacial score (nSPS) is 11.0. The van der Waals surface area contributed by atoms with E-state index in [1.807, 2.05) is 0 Å². The van der Waals surface area contributed by atoms with E-state index in [0.29, 0.717) is 21.9 Å². The van der Waals surface area contributed by atoms with Gasteiger partial charge in [-0.2, -0.15) is 13.2 Å². The Balaban J connectivity index is 0.00000131. The number of hydrogen-bond donors (Lipinski definition) is 1. The molecule has 28 heavy (non-hydrogen) atoms. The van der Waals surface area contributed by atoms with E-state index in [1.54, 1.807) is 24.3 Å². The molecular formula is C17H11EuF3O7. The average Bonchev–Trinajstić information content (AvgIpc) is 2.89. The van der Waals surface area contributed by atoms with Crippen LogP contribution in [0.5, 0.6) is 5.75 Å². The second-order valence-electron chi connectivity index (χ2n) is 5.38. The fraction of sp³-hybridized carbons (Fsp3) is 0.0588. The van der Waals surface area contributed by atoms with Gasteiger partial charge in [-0.3, -0.25) is 4.79 Å². The first-order valence-corrected chi connectivity index (χ1v) is 7.00. The fourth-order valence-electron chi connectivity index (χ4n) is 2.75. The maximum Gasteiger partial charge on any atom is 0.455 e. The summed E-state index contributed by atoms with van der Waals surface area (Å²) in [5.74, 6) is -3.53. The van der Waals surface area contributed by atoms with Gasteiger partial charge in [0, 0.05) is 66.2 Å². The van der Waals surface area contributed by atoms with Crippen molar-refractivity contribution < 1.29 is 92.2 Å². The van der Waals surface area contributed by atoms with Crippen molar-refractivity contribution in [3.8, 4) is 5.75 Å². The molecule has 0 saturated heterocycles. The number of furan rings is 1. The second-order valence-corrected chi connectivity index (χ2v) is 5.38. The van der Waals surface area contributed by atoms with Crippen molar-refractivity contribution in [2.45, 2.75) is 6.18 Å². The monoisotopic (exact) mass is 537 g/mol. The average molecular weight is 536 g/mol. The molecule has 0 unspecified atom stereocenters. The zero-order valence-corrected chi connectivity index (χ0v) is 16.0. The SMILES string of the molecule is O.O.O=C(c1c(O)c2cc3c(cc2oc1=O)oc1ccccc13)C(F)(F)F.[Eu]. The van der Waals surface area contributed by atoms with Gasteiger partial charge < -0.3 is 24.9 Å². The third-order valence-electron chi connectivity index (χ3n) is 3.86. The van der Waals surface area contributed by atoms with Gasteiger partial charge in [-0.15, -0.1) is 0 Å². The van der Waals surface area contributed by atoms with E-state index in [1.165, 1.54) is 12.1 Å². The number of para-hydroxylation sites is 1. The topological polar surface area (TPSA) is 144 Å². The molecule has 7 nitrogen and oxygen atoms in total. The van der Waals surface area contributed by atoms with Crippen LogP contribution in [0.3, 0.4) is 0 Å². The molecule has 0 atom stereocenters. The number of carbonyl (C=O) groups is 1. The zero-order chi connectivity index (χ0) is 17.9. The summed E-state index contributed by atoms with van der Waals surface area (Å²) in [6.45, 7) is 0. The maximum atomic E-state index is 12.7. The summed E-state index contributed by atoms with van der Waals surface area (Å²) in [4.78, 5) is 23.2. The Hall–Kier alpha value is -1.79. The van der Waals surface area contributed by atoms with Crippen LogP contribution in [0.1, 0.15) is 10.4 Å². The summed E-state index contributed by atoms with van der Waals surface area (Å²) < 4.78 is 48.3. The number of fused-ring (bicyclic) bond motifs is 4. The fourth-order valence-corrected chi connectivity index (χ4v) is 2.75. The van der Waals surface area contributed by atoms with E-state index in [2.05, 4.69) is 0 Å². The van der Waals surface area contributed by atoms with Crippen molar-refractivity contribution in [1.82, 2.24) is 0 Å². The number of alkyl halides is 3. The van der Waals surface area contributed by atoms with Gasteiger partial charge in [-0.1, -0.05) is 18.2 Å². The molecule has 0 aliphatic carbocycles. The molecule has 0 spiro atoms. The van der Waals surface area contributed by atoms with Gasteiger partial charge in [-0.05, 0) is 12.1 Å². The van der Waals surface area contributed by atoms with Crippen molar-refractivity contribution in [3.05, 3.63) is 52.4 Å². The second kappa shape index (κ2) is 8.30. The van der Waals surface area contributed by atoms with Crippen molar-refractivity contribution in [1.29, 1.82) is 0 Å². The van der Waals surface area contributed by atoms with Crippen LogP contribution < -0.4 is 5.63 Å². The summed E-state index contributed by atoms with van der Waals surface area (Å²) in [7, 11) is 0. The number of carbonyl (C=O) groups excluding carboxylic acids is 1. The smallest absolute Gasteiger partial charge is 0.455 e. The molecule has 2 aromatic carbocycles. The Morgan fingerprint density at radius 3 is 2.14 bits per heavy atom. The molecule has 0 aliphatic rings. The van der Waals surface area contributed by atoms with Gasteiger partial charge in [0.25, 0.3) is 5.78 Å². The third kappa shape index (κ3) is 3.72. The first kappa shape index (κ1) is 24.3. The van der Waals surface area contributed by atoms with E-state index in [0.717, 1.165) is 0 Å². The summed E-state index contributed by atoms with van der Waals surface area (Å²) >= 11 is 0. The van der Waals surface area contributed by atoms with E-state index in [4.69, 9.17) is 8.83 Å². The van der Waals surface area contributed by atoms with Crippen LogP contribution in [0.25, 0.3) is 32.9 Å². The van der Waals surface area contributed by atoms with Crippen molar-refractivity contribution in [2.24, 2.45) is 0 Å². The number of hydrogen-bond acceptors (Lipinski definition) is 5. The van der Waals surface area contributed by atoms with Crippen molar-refractivity contribution >= 4 is 38.7 Å². The van der Waals surface area contributed by atoms with Gasteiger partial charge in [-0.25, -0.2) is 4.79 Å². The van der Waals surface area contributed by atoms with Crippen LogP contribution >= 0.6 is 0 Å². The molecule has 11 heteroatoms. The molecule has 0 bridgehead atoms. The first-order valence-electron chi connectivity index (χ1n) is 7.00. The molecular weight excluding hydrogens is 525 g/mol. The Labute approximate surface area is 193 Å². The van der Waals surface area contributed by atoms with Crippen LogP contribution in [-0.4, -0.2) is 28.0 Å². The number of Topliss-reactive ketones (excluding diaryl/α,β-unsaturated/α-hetero) is 1. The summed E-state index contributed by atoms with van der Waals surface area (Å²) in [5, 5.41) is 11.1. The number of aromatic hydroxyl groups is 1. The minimum absolute atomic E-state index is 0. The summed E-state index contributed by atoms with van der Waals surface area (Å²) in [6.07, 6.45) is -5.31. The van der Waals surface area contributed by atoms with E-state index >= 15 is 0 Å². The van der Waals surface area contributed by atoms with Crippen LogP contribution in [0.4, 0.5) is 13.2 Å². The Morgan fingerprint density at radius 1 is 0.893 bits per heavy atom. The Morgan fingerprint density at radius 2 is 1.50 bits per heavy atom. The molecule has 4 rings (SSSR count). The molecule has 2 aromatic heterocycles. The molecule has 1 radical (unpaired) electrons. The summed E-state index contributed by atoms with van der Waals surface area (Å²) in [5.41, 5.74) is -2.35. The predicted molar refractivity (Wildman–Crippen MR) is 89.0 cm³/mol. The van der Waals surface area contributed by atoms with Crippen molar-refractivity contribution in [3.63, 3.8) is 0 Å². The molecule has 2 heterocycles.